The van der Waals surface area contributed by atoms with Crippen LogP contribution < -0.4 is 0 Å². The molecule has 0 saturated carbocycles. The Balaban J connectivity index is 2.82. The molecule has 0 aliphatic heterocycles. The second-order valence-electron chi connectivity index (χ2n) is 0.763. The molecule has 0 fully saturated rings. The molecule has 39 valence electrons. The van der Waals surface area contributed by atoms with E-state index in [1.54, 1.807) is 6.08 Å². The maximum atomic E-state index is 5.09. The van der Waals surface area contributed by atoms with E-state index >= 15 is 0 Å². The van der Waals surface area contributed by atoms with Crippen LogP contribution in [-0.4, -0.2) is 13.3 Å². The maximum absolute atomic E-state index is 5.09. The molecule has 3 heteroatoms. The fourth-order valence-electron chi connectivity index (χ4n) is 0.122. The van der Waals surface area contributed by atoms with Crippen molar-refractivity contribution in [2.75, 3.05) is 6.61 Å². The molecule has 0 aliphatic rings. The standard InChI is InChI=1S/C4H5ClNO/c1-6-7-4-2-3-5/h1-3H,4H2. The number of halogens is 1. The first-order valence-electron chi connectivity index (χ1n) is 1.69. The Morgan fingerprint density at radius 1 is 1.86 bits per heavy atom. The van der Waals surface area contributed by atoms with E-state index in [2.05, 4.69) is 16.7 Å². The van der Waals surface area contributed by atoms with Gasteiger partial charge in [-0.25, -0.2) is 0 Å². The van der Waals surface area contributed by atoms with Crippen LogP contribution in [0.15, 0.2) is 16.8 Å². The van der Waals surface area contributed by atoms with Crippen molar-refractivity contribution >= 4 is 18.3 Å². The van der Waals surface area contributed by atoms with Gasteiger partial charge in [-0.2, -0.15) is 0 Å². The summed E-state index contributed by atoms with van der Waals surface area (Å²) in [6.07, 6.45) is 1.58. The van der Waals surface area contributed by atoms with Gasteiger partial charge in [-0.3, -0.25) is 0 Å². The molecule has 0 aromatic carbocycles. The molecule has 0 amide bonds. The Kier molecular flexibility index (Phi) is 5.11. The van der Waals surface area contributed by atoms with Crippen LogP contribution in [0.2, 0.25) is 0 Å². The summed E-state index contributed by atoms with van der Waals surface area (Å²) < 4.78 is 0. The molecular formula is C4H5ClNO. The van der Waals surface area contributed by atoms with Gasteiger partial charge in [-0.15, -0.1) is 0 Å². The summed E-state index contributed by atoms with van der Waals surface area (Å²) in [6, 6.07) is 0. The zero-order valence-electron chi connectivity index (χ0n) is 3.67. The summed E-state index contributed by atoms with van der Waals surface area (Å²) in [4.78, 5) is 4.31. The Bertz CT molecular complexity index is 72.1. The van der Waals surface area contributed by atoms with Crippen LogP contribution in [0.1, 0.15) is 0 Å². The van der Waals surface area contributed by atoms with Crippen LogP contribution >= 0.6 is 11.6 Å². The SMILES string of the molecule is [CH]=NOCC=CCl. The second-order valence-corrected chi connectivity index (χ2v) is 1.01. The van der Waals surface area contributed by atoms with Crippen LogP contribution in [0.4, 0.5) is 0 Å². The lowest BCUT2D eigenvalue weighted by Gasteiger charge is -1.84. The first-order chi connectivity index (χ1) is 3.41. The molecule has 0 atom stereocenters. The highest BCUT2D eigenvalue weighted by Crippen LogP contribution is 1.78. The molecular weight excluding hydrogens is 114 g/mol. The van der Waals surface area contributed by atoms with Crippen molar-refractivity contribution in [3.63, 3.8) is 0 Å². The molecule has 0 spiro atoms. The van der Waals surface area contributed by atoms with Crippen molar-refractivity contribution in [3.05, 3.63) is 11.6 Å². The zero-order chi connectivity index (χ0) is 5.54. The molecule has 7 heavy (non-hydrogen) atoms. The molecule has 1 radical (unpaired) electrons. The van der Waals surface area contributed by atoms with Crippen molar-refractivity contribution in [2.24, 2.45) is 5.16 Å². The predicted molar refractivity (Wildman–Crippen MR) is 29.4 cm³/mol. The highest BCUT2D eigenvalue weighted by molar-refractivity contribution is 6.25. The van der Waals surface area contributed by atoms with Gasteiger partial charge in [0.1, 0.15) is 6.61 Å². The third kappa shape index (κ3) is 5.50. The van der Waals surface area contributed by atoms with E-state index in [0.29, 0.717) is 6.61 Å². The van der Waals surface area contributed by atoms with E-state index in [1.807, 2.05) is 0 Å². The number of hydrogen-bond donors (Lipinski definition) is 0. The van der Waals surface area contributed by atoms with Crippen molar-refractivity contribution in [1.82, 2.24) is 0 Å². The van der Waals surface area contributed by atoms with Gasteiger partial charge >= 0.3 is 0 Å². The smallest absolute Gasteiger partial charge is 0.136 e. The largest absolute Gasteiger partial charge is 0.391 e. The number of rotatable bonds is 3. The lowest BCUT2D eigenvalue weighted by atomic mass is 10.7. The molecule has 0 aromatic rings. The Morgan fingerprint density at radius 2 is 2.57 bits per heavy atom. The maximum Gasteiger partial charge on any atom is 0.136 e. The highest BCUT2D eigenvalue weighted by Gasteiger charge is 1.67. The lowest BCUT2D eigenvalue weighted by molar-refractivity contribution is 0.178. The number of hydrogen-bond acceptors (Lipinski definition) is 2. The summed E-state index contributed by atoms with van der Waals surface area (Å²) in [6.45, 7) is 4.93. The molecule has 0 rings (SSSR count). The van der Waals surface area contributed by atoms with Gasteiger partial charge in [-0.05, 0) is 6.08 Å². The normalized spacial score (nSPS) is 9.29. The molecule has 2 nitrogen and oxygen atoms in total. The van der Waals surface area contributed by atoms with Gasteiger partial charge in [0, 0.05) is 5.54 Å². The highest BCUT2D eigenvalue weighted by atomic mass is 35.5. The van der Waals surface area contributed by atoms with E-state index < -0.39 is 0 Å². The van der Waals surface area contributed by atoms with Gasteiger partial charge in [0.2, 0.25) is 0 Å². The van der Waals surface area contributed by atoms with E-state index in [1.165, 1.54) is 5.54 Å². The van der Waals surface area contributed by atoms with Gasteiger partial charge in [0.15, 0.2) is 0 Å². The van der Waals surface area contributed by atoms with E-state index in [4.69, 9.17) is 11.6 Å². The summed E-state index contributed by atoms with van der Waals surface area (Å²) in [5, 5.41) is 2.86. The monoisotopic (exact) mass is 118 g/mol. The van der Waals surface area contributed by atoms with Crippen LogP contribution in [0.25, 0.3) is 0 Å². The lowest BCUT2D eigenvalue weighted by Crippen LogP contribution is -1.76. The van der Waals surface area contributed by atoms with Gasteiger partial charge < -0.3 is 4.84 Å². The summed E-state index contributed by atoms with van der Waals surface area (Å²) >= 11 is 5.09. The summed E-state index contributed by atoms with van der Waals surface area (Å²) in [7, 11) is 0. The quantitative estimate of drug-likeness (QED) is 0.311. The predicted octanol–water partition coefficient (Wildman–Crippen LogP) is 1.25. The minimum atomic E-state index is 0.333. The zero-order valence-corrected chi connectivity index (χ0v) is 4.43. The van der Waals surface area contributed by atoms with Crippen LogP contribution in [0.5, 0.6) is 0 Å². The fraction of sp³-hybridized carbons (Fsp3) is 0.250. The Hall–Kier alpha value is -0.500. The summed E-state index contributed by atoms with van der Waals surface area (Å²) in [5.74, 6) is 0. The third-order valence-corrected chi connectivity index (χ3v) is 0.513. The van der Waals surface area contributed by atoms with Crippen molar-refractivity contribution < 1.29 is 4.84 Å². The fourth-order valence-corrected chi connectivity index (χ4v) is 0.195. The van der Waals surface area contributed by atoms with Crippen molar-refractivity contribution in [2.45, 2.75) is 0 Å². The van der Waals surface area contributed by atoms with Gasteiger partial charge in [-0.1, -0.05) is 16.8 Å². The first-order valence-corrected chi connectivity index (χ1v) is 2.13. The van der Waals surface area contributed by atoms with Crippen LogP contribution in [0.3, 0.4) is 0 Å². The molecule has 0 unspecified atom stereocenters. The summed E-state index contributed by atoms with van der Waals surface area (Å²) in [5.41, 5.74) is 1.34. The topological polar surface area (TPSA) is 21.6 Å². The molecule has 0 N–H and O–H groups in total. The molecule has 0 aromatic heterocycles. The Labute approximate surface area is 47.4 Å². The van der Waals surface area contributed by atoms with E-state index in [0.717, 1.165) is 0 Å². The molecule has 0 heterocycles. The van der Waals surface area contributed by atoms with E-state index in [-0.39, 0.29) is 0 Å². The van der Waals surface area contributed by atoms with Gasteiger partial charge in [0.25, 0.3) is 0 Å². The average Bonchev–Trinajstić information content (AvgIpc) is 1.69. The number of nitrogens with zero attached hydrogens (tertiary/aromatic N) is 1. The van der Waals surface area contributed by atoms with Crippen molar-refractivity contribution in [1.29, 1.82) is 0 Å². The van der Waals surface area contributed by atoms with Crippen molar-refractivity contribution in [3.8, 4) is 0 Å². The molecule has 0 saturated heterocycles. The second kappa shape index (κ2) is 5.50. The van der Waals surface area contributed by atoms with E-state index in [9.17, 15) is 0 Å². The van der Waals surface area contributed by atoms with Gasteiger partial charge in [0.05, 0.1) is 6.72 Å². The van der Waals surface area contributed by atoms with Crippen LogP contribution in [0, 0.1) is 0 Å². The minimum Gasteiger partial charge on any atom is -0.391 e. The Morgan fingerprint density at radius 3 is 3.00 bits per heavy atom. The molecule has 0 aliphatic carbocycles. The van der Waals surface area contributed by atoms with Crippen LogP contribution in [-0.2, 0) is 4.84 Å². The first kappa shape index (κ1) is 6.50. The minimum absolute atomic E-state index is 0.333. The third-order valence-electron chi connectivity index (χ3n) is 0.334. The average molecular weight is 119 g/mol. The molecule has 0 bridgehead atoms.